The highest BCUT2D eigenvalue weighted by Crippen LogP contribution is 2.27. The maximum Gasteiger partial charge on any atom is 0.256 e. The Balaban J connectivity index is 2.00. The molecule has 0 atom stereocenters. The van der Waals surface area contributed by atoms with Gasteiger partial charge in [-0.1, -0.05) is 46.3 Å². The van der Waals surface area contributed by atoms with Gasteiger partial charge in [-0.05, 0) is 41.1 Å². The fourth-order valence-electron chi connectivity index (χ4n) is 2.28. The lowest BCUT2D eigenvalue weighted by Crippen LogP contribution is -2.12. The monoisotopic (exact) mass is 340 g/mol. The molecule has 0 bridgehead atoms. The molecule has 3 nitrogen and oxygen atoms in total. The van der Waals surface area contributed by atoms with Crippen LogP contribution in [0.25, 0.3) is 10.8 Å². The molecule has 0 aliphatic heterocycles. The van der Waals surface area contributed by atoms with E-state index in [1.54, 1.807) is 12.1 Å². The zero-order valence-corrected chi connectivity index (χ0v) is 12.7. The minimum atomic E-state index is -0.149. The number of benzene rings is 3. The Hall–Kier alpha value is -2.33. The first kappa shape index (κ1) is 13.6. The van der Waals surface area contributed by atoms with Crippen molar-refractivity contribution in [2.75, 3.05) is 11.1 Å². The van der Waals surface area contributed by atoms with E-state index in [1.165, 1.54) is 0 Å². The van der Waals surface area contributed by atoms with Crippen molar-refractivity contribution in [2.24, 2.45) is 0 Å². The van der Waals surface area contributed by atoms with E-state index >= 15 is 0 Å². The molecule has 0 aromatic heterocycles. The Morgan fingerprint density at radius 1 is 0.952 bits per heavy atom. The Morgan fingerprint density at radius 3 is 2.48 bits per heavy atom. The van der Waals surface area contributed by atoms with E-state index in [1.807, 2.05) is 48.5 Å². The van der Waals surface area contributed by atoms with Crippen LogP contribution in [0.1, 0.15) is 10.4 Å². The fourth-order valence-corrected chi connectivity index (χ4v) is 2.78. The van der Waals surface area contributed by atoms with E-state index in [0.29, 0.717) is 16.9 Å². The van der Waals surface area contributed by atoms with Crippen molar-refractivity contribution in [3.8, 4) is 0 Å². The molecule has 3 N–H and O–H groups in total. The molecular weight excluding hydrogens is 328 g/mol. The first-order chi connectivity index (χ1) is 10.1. The summed E-state index contributed by atoms with van der Waals surface area (Å²) in [5.41, 5.74) is 7.67. The molecule has 0 heterocycles. The Kier molecular flexibility index (Phi) is 3.62. The molecule has 104 valence electrons. The standard InChI is InChI=1S/C17H13BrN2O/c18-16-9-3-6-13-14(16)7-2-8-15(13)17(21)20-12-5-1-4-11(19)10-12/h1-10H,19H2,(H,20,21). The number of halogens is 1. The second kappa shape index (κ2) is 5.58. The number of anilines is 2. The third-order valence-electron chi connectivity index (χ3n) is 3.26. The van der Waals surface area contributed by atoms with Crippen molar-refractivity contribution in [3.05, 3.63) is 70.7 Å². The molecule has 0 radical (unpaired) electrons. The van der Waals surface area contributed by atoms with Gasteiger partial charge >= 0.3 is 0 Å². The Bertz CT molecular complexity index is 830. The van der Waals surface area contributed by atoms with E-state index in [9.17, 15) is 4.79 Å². The lowest BCUT2D eigenvalue weighted by atomic mass is 10.0. The minimum absolute atomic E-state index is 0.149. The van der Waals surface area contributed by atoms with Crippen molar-refractivity contribution in [1.29, 1.82) is 0 Å². The molecule has 0 saturated heterocycles. The van der Waals surface area contributed by atoms with Gasteiger partial charge in [0.15, 0.2) is 0 Å². The number of nitrogen functional groups attached to an aromatic ring is 1. The van der Waals surface area contributed by atoms with E-state index in [2.05, 4.69) is 21.2 Å². The summed E-state index contributed by atoms with van der Waals surface area (Å²) >= 11 is 3.51. The van der Waals surface area contributed by atoms with Crippen molar-refractivity contribution in [2.45, 2.75) is 0 Å². The van der Waals surface area contributed by atoms with Crippen molar-refractivity contribution < 1.29 is 4.79 Å². The summed E-state index contributed by atoms with van der Waals surface area (Å²) in [5.74, 6) is -0.149. The van der Waals surface area contributed by atoms with E-state index < -0.39 is 0 Å². The summed E-state index contributed by atoms with van der Waals surface area (Å²) < 4.78 is 0.971. The van der Waals surface area contributed by atoms with Crippen LogP contribution in [0.3, 0.4) is 0 Å². The summed E-state index contributed by atoms with van der Waals surface area (Å²) in [4.78, 5) is 12.5. The van der Waals surface area contributed by atoms with Gasteiger partial charge in [0.25, 0.3) is 5.91 Å². The predicted molar refractivity (Wildman–Crippen MR) is 90.5 cm³/mol. The number of carbonyl (C=O) groups is 1. The van der Waals surface area contributed by atoms with E-state index in [4.69, 9.17) is 5.73 Å². The average molecular weight is 341 g/mol. The van der Waals surface area contributed by atoms with Crippen LogP contribution < -0.4 is 11.1 Å². The van der Waals surface area contributed by atoms with E-state index in [0.717, 1.165) is 15.2 Å². The summed E-state index contributed by atoms with van der Waals surface area (Å²) in [6.45, 7) is 0. The Morgan fingerprint density at radius 2 is 1.67 bits per heavy atom. The second-order valence-corrected chi connectivity index (χ2v) is 5.57. The van der Waals surface area contributed by atoms with Crippen LogP contribution in [0.5, 0.6) is 0 Å². The second-order valence-electron chi connectivity index (χ2n) is 4.72. The molecule has 4 heteroatoms. The van der Waals surface area contributed by atoms with Crippen molar-refractivity contribution >= 4 is 44.0 Å². The zero-order valence-electron chi connectivity index (χ0n) is 11.1. The predicted octanol–water partition coefficient (Wildman–Crippen LogP) is 4.44. The first-order valence-corrected chi connectivity index (χ1v) is 7.28. The van der Waals surface area contributed by atoms with Crippen molar-refractivity contribution in [3.63, 3.8) is 0 Å². The topological polar surface area (TPSA) is 55.1 Å². The molecule has 0 unspecified atom stereocenters. The van der Waals surface area contributed by atoms with Crippen LogP contribution in [0.4, 0.5) is 11.4 Å². The number of carbonyl (C=O) groups excluding carboxylic acids is 1. The molecule has 21 heavy (non-hydrogen) atoms. The highest BCUT2D eigenvalue weighted by molar-refractivity contribution is 9.10. The number of nitrogens with one attached hydrogen (secondary N) is 1. The number of nitrogens with two attached hydrogens (primary N) is 1. The molecule has 3 aromatic rings. The minimum Gasteiger partial charge on any atom is -0.399 e. The lowest BCUT2D eigenvalue weighted by Gasteiger charge is -2.09. The van der Waals surface area contributed by atoms with Gasteiger partial charge in [-0.15, -0.1) is 0 Å². The zero-order chi connectivity index (χ0) is 14.8. The third-order valence-corrected chi connectivity index (χ3v) is 3.95. The maximum absolute atomic E-state index is 12.5. The first-order valence-electron chi connectivity index (χ1n) is 6.49. The van der Waals surface area contributed by atoms with Gasteiger partial charge in [0.1, 0.15) is 0 Å². The smallest absolute Gasteiger partial charge is 0.256 e. The van der Waals surface area contributed by atoms with Gasteiger partial charge in [-0.3, -0.25) is 4.79 Å². The largest absolute Gasteiger partial charge is 0.399 e. The van der Waals surface area contributed by atoms with Gasteiger partial charge in [0.2, 0.25) is 0 Å². The normalized spacial score (nSPS) is 10.5. The van der Waals surface area contributed by atoms with Crippen LogP contribution in [-0.2, 0) is 0 Å². The maximum atomic E-state index is 12.5. The summed E-state index contributed by atoms with van der Waals surface area (Å²) in [5, 5.41) is 4.80. The summed E-state index contributed by atoms with van der Waals surface area (Å²) in [6, 6.07) is 18.6. The molecular formula is C17H13BrN2O. The van der Waals surface area contributed by atoms with Crippen LogP contribution in [0.15, 0.2) is 65.1 Å². The molecule has 0 spiro atoms. The molecule has 0 fully saturated rings. The van der Waals surface area contributed by atoms with Gasteiger partial charge in [-0.2, -0.15) is 0 Å². The third kappa shape index (κ3) is 2.76. The van der Waals surface area contributed by atoms with Crippen LogP contribution in [0.2, 0.25) is 0 Å². The van der Waals surface area contributed by atoms with E-state index in [-0.39, 0.29) is 5.91 Å². The highest BCUT2D eigenvalue weighted by Gasteiger charge is 2.11. The summed E-state index contributed by atoms with van der Waals surface area (Å²) in [6.07, 6.45) is 0. The highest BCUT2D eigenvalue weighted by atomic mass is 79.9. The Labute approximate surface area is 130 Å². The number of rotatable bonds is 2. The molecule has 3 rings (SSSR count). The average Bonchev–Trinajstić information content (AvgIpc) is 2.47. The number of fused-ring (bicyclic) bond motifs is 1. The number of amides is 1. The number of hydrogen-bond donors (Lipinski definition) is 2. The molecule has 0 saturated carbocycles. The molecule has 1 amide bonds. The van der Waals surface area contributed by atoms with Crippen LogP contribution >= 0.6 is 15.9 Å². The quantitative estimate of drug-likeness (QED) is 0.677. The van der Waals surface area contributed by atoms with Crippen molar-refractivity contribution in [1.82, 2.24) is 0 Å². The van der Waals surface area contributed by atoms with Gasteiger partial charge in [-0.25, -0.2) is 0 Å². The molecule has 3 aromatic carbocycles. The van der Waals surface area contributed by atoms with Gasteiger partial charge < -0.3 is 11.1 Å². The summed E-state index contributed by atoms with van der Waals surface area (Å²) in [7, 11) is 0. The van der Waals surface area contributed by atoms with Crippen LogP contribution in [-0.4, -0.2) is 5.91 Å². The van der Waals surface area contributed by atoms with Crippen LogP contribution in [0, 0.1) is 0 Å². The number of hydrogen-bond acceptors (Lipinski definition) is 2. The van der Waals surface area contributed by atoms with Gasteiger partial charge in [0.05, 0.1) is 0 Å². The van der Waals surface area contributed by atoms with Gasteiger partial charge in [0, 0.05) is 21.4 Å². The lowest BCUT2D eigenvalue weighted by molar-refractivity contribution is 0.102. The molecule has 0 aliphatic carbocycles. The SMILES string of the molecule is Nc1cccc(NC(=O)c2cccc3c(Br)cccc23)c1. The fraction of sp³-hybridized carbons (Fsp3) is 0. The molecule has 0 aliphatic rings.